The fourth-order valence-electron chi connectivity index (χ4n) is 1.74. The Morgan fingerprint density at radius 2 is 2.15 bits per heavy atom. The highest BCUT2D eigenvalue weighted by Crippen LogP contribution is 2.35. The van der Waals surface area contributed by atoms with Gasteiger partial charge in [0.05, 0.1) is 12.0 Å². The summed E-state index contributed by atoms with van der Waals surface area (Å²) >= 11 is 2.34. The second-order valence-electron chi connectivity index (χ2n) is 4.22. The number of thioether (sulfide) groups is 1. The van der Waals surface area contributed by atoms with Crippen LogP contribution in [0.3, 0.4) is 0 Å². The van der Waals surface area contributed by atoms with E-state index in [0.717, 1.165) is 27.1 Å². The van der Waals surface area contributed by atoms with E-state index in [4.69, 9.17) is 0 Å². The second-order valence-corrected chi connectivity index (χ2v) is 6.16. The average molecular weight is 311 g/mol. The number of thiophene rings is 1. The second kappa shape index (κ2) is 5.80. The Morgan fingerprint density at radius 1 is 1.45 bits per heavy atom. The minimum atomic E-state index is -0.914. The number of nitrogens with zero attached hydrogens (tertiary/aromatic N) is 1. The predicted molar refractivity (Wildman–Crippen MR) is 78.3 cm³/mol. The first-order valence-corrected chi connectivity index (χ1v) is 7.54. The van der Waals surface area contributed by atoms with E-state index >= 15 is 0 Å². The fourth-order valence-corrected chi connectivity index (χ4v) is 3.56. The highest BCUT2D eigenvalue weighted by atomic mass is 32.2. The first kappa shape index (κ1) is 14.8. The Kier molecular flexibility index (Phi) is 4.29. The summed E-state index contributed by atoms with van der Waals surface area (Å²) in [6, 6.07) is 1.03. The molecule has 5 nitrogen and oxygen atoms in total. The number of methoxy groups -OCH3 is 1. The molecule has 1 aliphatic heterocycles. The third kappa shape index (κ3) is 2.64. The number of amides is 2. The SMILES string of the molecule is COC(=O)[C@@H](C)N1C(=O)S/C(=C\c2sccc2C)C1=O. The highest BCUT2D eigenvalue weighted by molar-refractivity contribution is 8.18. The van der Waals surface area contributed by atoms with Crippen molar-refractivity contribution in [1.82, 2.24) is 4.90 Å². The molecule has 1 aromatic heterocycles. The molecule has 0 unspecified atom stereocenters. The standard InChI is InChI=1S/C13H13NO4S2/c1-7-4-5-19-9(7)6-10-11(15)14(13(17)20-10)8(2)12(16)18-3/h4-6,8H,1-3H3/b10-6-/t8-/m1/s1. The number of imide groups is 1. The molecule has 1 aliphatic rings. The van der Waals surface area contributed by atoms with Crippen molar-refractivity contribution in [2.45, 2.75) is 19.9 Å². The molecule has 0 N–H and O–H groups in total. The van der Waals surface area contributed by atoms with Crippen molar-refractivity contribution in [3.05, 3.63) is 26.8 Å². The molecule has 0 saturated carbocycles. The fraction of sp³-hybridized carbons (Fsp3) is 0.308. The lowest BCUT2D eigenvalue weighted by atomic mass is 10.2. The summed E-state index contributed by atoms with van der Waals surface area (Å²) in [7, 11) is 1.22. The topological polar surface area (TPSA) is 63.7 Å². The van der Waals surface area contributed by atoms with E-state index in [1.165, 1.54) is 25.4 Å². The maximum Gasteiger partial charge on any atom is 0.328 e. The van der Waals surface area contributed by atoms with Crippen LogP contribution in [0.1, 0.15) is 17.4 Å². The molecule has 0 spiro atoms. The van der Waals surface area contributed by atoms with E-state index in [-0.39, 0.29) is 0 Å². The van der Waals surface area contributed by atoms with Gasteiger partial charge in [-0.2, -0.15) is 0 Å². The van der Waals surface area contributed by atoms with Crippen molar-refractivity contribution in [3.63, 3.8) is 0 Å². The molecule has 0 aliphatic carbocycles. The Labute approximate surface area is 124 Å². The molecule has 2 rings (SSSR count). The molecule has 0 radical (unpaired) electrons. The molecule has 1 atom stereocenters. The van der Waals surface area contributed by atoms with Crippen LogP contribution in [0.4, 0.5) is 4.79 Å². The van der Waals surface area contributed by atoms with Crippen LogP contribution in [-0.4, -0.2) is 35.2 Å². The zero-order chi connectivity index (χ0) is 14.9. The Morgan fingerprint density at radius 3 is 2.70 bits per heavy atom. The van der Waals surface area contributed by atoms with Gasteiger partial charge in [-0.3, -0.25) is 14.5 Å². The molecule has 2 heterocycles. The summed E-state index contributed by atoms with van der Waals surface area (Å²) in [5.74, 6) is -1.06. The van der Waals surface area contributed by atoms with Crippen LogP contribution >= 0.6 is 23.1 Å². The van der Waals surface area contributed by atoms with Gasteiger partial charge in [0.1, 0.15) is 6.04 Å². The van der Waals surface area contributed by atoms with E-state index in [9.17, 15) is 14.4 Å². The maximum absolute atomic E-state index is 12.2. The molecular weight excluding hydrogens is 298 g/mol. The molecule has 1 saturated heterocycles. The summed E-state index contributed by atoms with van der Waals surface area (Å²) < 4.78 is 4.57. The summed E-state index contributed by atoms with van der Waals surface area (Å²) in [4.78, 5) is 37.8. The molecule has 7 heteroatoms. The van der Waals surface area contributed by atoms with Gasteiger partial charge in [-0.1, -0.05) is 0 Å². The van der Waals surface area contributed by atoms with Crippen LogP contribution in [0, 0.1) is 6.92 Å². The molecule has 20 heavy (non-hydrogen) atoms. The molecule has 0 bridgehead atoms. The van der Waals surface area contributed by atoms with Gasteiger partial charge in [-0.05, 0) is 48.7 Å². The van der Waals surface area contributed by atoms with E-state index < -0.39 is 23.2 Å². The van der Waals surface area contributed by atoms with E-state index in [0.29, 0.717) is 4.91 Å². The number of hydrogen-bond donors (Lipinski definition) is 0. The van der Waals surface area contributed by atoms with Gasteiger partial charge in [-0.25, -0.2) is 4.79 Å². The monoisotopic (exact) mass is 311 g/mol. The molecule has 2 amide bonds. The number of aryl methyl sites for hydroxylation is 1. The molecule has 1 fully saturated rings. The Bertz CT molecular complexity index is 605. The minimum absolute atomic E-state index is 0.330. The summed E-state index contributed by atoms with van der Waals surface area (Å²) in [5.41, 5.74) is 1.04. The maximum atomic E-state index is 12.2. The van der Waals surface area contributed by atoms with Gasteiger partial charge in [0.2, 0.25) is 0 Å². The largest absolute Gasteiger partial charge is 0.467 e. The van der Waals surface area contributed by atoms with Crippen molar-refractivity contribution in [2.75, 3.05) is 7.11 Å². The molecule has 0 aromatic carbocycles. The lowest BCUT2D eigenvalue weighted by molar-refractivity contribution is -0.148. The van der Waals surface area contributed by atoms with Crippen molar-refractivity contribution in [1.29, 1.82) is 0 Å². The van der Waals surface area contributed by atoms with Gasteiger partial charge < -0.3 is 4.74 Å². The van der Waals surface area contributed by atoms with Gasteiger partial charge in [0.25, 0.3) is 11.1 Å². The van der Waals surface area contributed by atoms with Gasteiger partial charge in [0, 0.05) is 4.88 Å². The lowest BCUT2D eigenvalue weighted by Gasteiger charge is -2.18. The summed E-state index contributed by atoms with van der Waals surface area (Å²) in [6.07, 6.45) is 1.69. The lowest BCUT2D eigenvalue weighted by Crippen LogP contribution is -2.42. The van der Waals surface area contributed by atoms with Crippen molar-refractivity contribution >= 4 is 46.3 Å². The number of carbonyl (C=O) groups is 3. The summed E-state index contributed by atoms with van der Waals surface area (Å²) in [6.45, 7) is 3.41. The Hall–Kier alpha value is -1.60. The predicted octanol–water partition coefficient (Wildman–Crippen LogP) is 2.65. The van der Waals surface area contributed by atoms with Crippen molar-refractivity contribution in [2.24, 2.45) is 0 Å². The first-order chi connectivity index (χ1) is 9.45. The number of carbonyl (C=O) groups excluding carboxylic acids is 3. The van der Waals surface area contributed by atoms with Crippen LogP contribution in [0.15, 0.2) is 16.4 Å². The number of rotatable bonds is 3. The Balaban J connectivity index is 2.27. The van der Waals surface area contributed by atoms with E-state index in [1.54, 1.807) is 6.08 Å². The zero-order valence-electron chi connectivity index (χ0n) is 11.2. The number of esters is 1. The number of ether oxygens (including phenoxy) is 1. The molecule has 106 valence electrons. The van der Waals surface area contributed by atoms with Crippen molar-refractivity contribution in [3.8, 4) is 0 Å². The van der Waals surface area contributed by atoms with Crippen LogP contribution in [0.25, 0.3) is 6.08 Å². The third-order valence-electron chi connectivity index (χ3n) is 2.92. The third-order valence-corrected chi connectivity index (χ3v) is 4.77. The van der Waals surface area contributed by atoms with Gasteiger partial charge >= 0.3 is 5.97 Å². The normalized spacial score (nSPS) is 18.8. The highest BCUT2D eigenvalue weighted by Gasteiger charge is 2.41. The van der Waals surface area contributed by atoms with Crippen molar-refractivity contribution < 1.29 is 19.1 Å². The number of hydrogen-bond acceptors (Lipinski definition) is 6. The van der Waals surface area contributed by atoms with Crippen LogP contribution in [0.5, 0.6) is 0 Å². The van der Waals surface area contributed by atoms with Crippen LogP contribution in [-0.2, 0) is 14.3 Å². The summed E-state index contributed by atoms with van der Waals surface area (Å²) in [5, 5.41) is 1.47. The molecular formula is C13H13NO4S2. The van der Waals surface area contributed by atoms with E-state index in [2.05, 4.69) is 4.74 Å². The van der Waals surface area contributed by atoms with Gasteiger partial charge in [0.15, 0.2) is 0 Å². The smallest absolute Gasteiger partial charge is 0.328 e. The zero-order valence-corrected chi connectivity index (χ0v) is 12.8. The van der Waals surface area contributed by atoms with E-state index in [1.807, 2.05) is 18.4 Å². The first-order valence-electron chi connectivity index (χ1n) is 5.84. The quantitative estimate of drug-likeness (QED) is 0.634. The van der Waals surface area contributed by atoms with Gasteiger partial charge in [-0.15, -0.1) is 11.3 Å². The molecule has 1 aromatic rings. The van der Waals surface area contributed by atoms with Crippen LogP contribution in [0.2, 0.25) is 0 Å². The average Bonchev–Trinajstić information content (AvgIpc) is 2.93. The van der Waals surface area contributed by atoms with Crippen LogP contribution < -0.4 is 0 Å². The minimum Gasteiger partial charge on any atom is -0.467 e.